The zero-order chi connectivity index (χ0) is 13.1. The van der Waals surface area contributed by atoms with Crippen molar-refractivity contribution in [2.24, 2.45) is 5.73 Å². The summed E-state index contributed by atoms with van der Waals surface area (Å²) in [6.45, 7) is 5.33. The fourth-order valence-corrected chi connectivity index (χ4v) is 3.08. The van der Waals surface area contributed by atoms with Crippen LogP contribution in [0.3, 0.4) is 0 Å². The van der Waals surface area contributed by atoms with Crippen LogP contribution in [0.25, 0.3) is 0 Å². The maximum absolute atomic E-state index is 5.89. The average Bonchev–Trinajstić information content (AvgIpc) is 2.33. The molecular formula is C12H17Br2N3O. The maximum Gasteiger partial charge on any atom is 0.0850 e. The van der Waals surface area contributed by atoms with Gasteiger partial charge in [0.1, 0.15) is 0 Å². The number of rotatable bonds is 3. The molecule has 1 fully saturated rings. The van der Waals surface area contributed by atoms with Crippen molar-refractivity contribution in [3.63, 3.8) is 0 Å². The third-order valence-electron chi connectivity index (χ3n) is 3.02. The van der Waals surface area contributed by atoms with E-state index in [1.165, 1.54) is 0 Å². The topological polar surface area (TPSA) is 51.4 Å². The van der Waals surface area contributed by atoms with Gasteiger partial charge in [-0.15, -0.1) is 0 Å². The average molecular weight is 379 g/mol. The van der Waals surface area contributed by atoms with Crippen LogP contribution in [0.1, 0.15) is 12.6 Å². The van der Waals surface area contributed by atoms with E-state index in [1.54, 1.807) is 0 Å². The summed E-state index contributed by atoms with van der Waals surface area (Å²) in [4.78, 5) is 6.77. The van der Waals surface area contributed by atoms with E-state index >= 15 is 0 Å². The van der Waals surface area contributed by atoms with E-state index in [9.17, 15) is 0 Å². The van der Waals surface area contributed by atoms with Gasteiger partial charge in [0, 0.05) is 40.8 Å². The smallest absolute Gasteiger partial charge is 0.0850 e. The highest BCUT2D eigenvalue weighted by molar-refractivity contribution is 9.11. The lowest BCUT2D eigenvalue weighted by molar-refractivity contribution is -0.0407. The Labute approximate surface area is 124 Å². The molecule has 2 heterocycles. The number of ether oxygens (including phenoxy) is 1. The molecule has 1 aromatic heterocycles. The lowest BCUT2D eigenvalue weighted by atomic mass is 10.1. The highest BCUT2D eigenvalue weighted by atomic mass is 79.9. The van der Waals surface area contributed by atoms with Crippen LogP contribution in [0.5, 0.6) is 0 Å². The minimum Gasteiger partial charge on any atom is -0.374 e. The summed E-state index contributed by atoms with van der Waals surface area (Å²) < 4.78 is 7.66. The van der Waals surface area contributed by atoms with E-state index in [4.69, 9.17) is 10.5 Å². The lowest BCUT2D eigenvalue weighted by Gasteiger charge is -2.34. The van der Waals surface area contributed by atoms with Gasteiger partial charge in [-0.1, -0.05) is 0 Å². The van der Waals surface area contributed by atoms with Gasteiger partial charge in [0.25, 0.3) is 0 Å². The molecule has 2 rings (SSSR count). The van der Waals surface area contributed by atoms with Crippen molar-refractivity contribution in [2.75, 3.05) is 19.7 Å². The molecule has 18 heavy (non-hydrogen) atoms. The molecule has 4 nitrogen and oxygen atoms in total. The summed E-state index contributed by atoms with van der Waals surface area (Å²) >= 11 is 6.95. The maximum atomic E-state index is 5.89. The second kappa shape index (κ2) is 6.43. The first-order chi connectivity index (χ1) is 8.56. The molecule has 1 saturated heterocycles. The van der Waals surface area contributed by atoms with Crippen molar-refractivity contribution in [3.8, 4) is 0 Å². The van der Waals surface area contributed by atoms with Crippen LogP contribution >= 0.6 is 31.9 Å². The van der Waals surface area contributed by atoms with Crippen molar-refractivity contribution in [3.05, 3.63) is 26.9 Å². The second-order valence-electron chi connectivity index (χ2n) is 4.59. The van der Waals surface area contributed by atoms with Gasteiger partial charge in [-0.25, -0.2) is 0 Å². The van der Waals surface area contributed by atoms with Crippen LogP contribution in [0, 0.1) is 0 Å². The van der Waals surface area contributed by atoms with Crippen molar-refractivity contribution in [1.82, 2.24) is 9.88 Å². The molecule has 0 spiro atoms. The van der Waals surface area contributed by atoms with Crippen LogP contribution < -0.4 is 5.73 Å². The lowest BCUT2D eigenvalue weighted by Crippen LogP contribution is -2.49. The van der Waals surface area contributed by atoms with Crippen molar-refractivity contribution in [2.45, 2.75) is 25.6 Å². The number of halogens is 2. The molecule has 100 valence electrons. The number of hydrogen-bond acceptors (Lipinski definition) is 4. The first kappa shape index (κ1) is 14.4. The number of hydrogen-bond donors (Lipinski definition) is 1. The molecule has 1 aliphatic rings. The summed E-state index contributed by atoms with van der Waals surface area (Å²) in [5, 5.41) is 0. The first-order valence-corrected chi connectivity index (χ1v) is 7.54. The summed E-state index contributed by atoms with van der Waals surface area (Å²) in [7, 11) is 0. The third-order valence-corrected chi connectivity index (χ3v) is 4.14. The van der Waals surface area contributed by atoms with E-state index in [-0.39, 0.29) is 12.1 Å². The summed E-state index contributed by atoms with van der Waals surface area (Å²) in [5.74, 6) is 0. The molecule has 0 amide bonds. The molecule has 2 N–H and O–H groups in total. The van der Waals surface area contributed by atoms with Gasteiger partial charge in [-0.05, 0) is 44.8 Å². The molecule has 0 aromatic carbocycles. The van der Waals surface area contributed by atoms with Gasteiger partial charge in [-0.3, -0.25) is 9.88 Å². The Hall–Kier alpha value is -0.0100. The minimum atomic E-state index is 0.0640. The zero-order valence-corrected chi connectivity index (χ0v) is 13.4. The van der Waals surface area contributed by atoms with Gasteiger partial charge in [0.15, 0.2) is 0 Å². The molecule has 6 heteroatoms. The first-order valence-electron chi connectivity index (χ1n) is 5.95. The predicted molar refractivity (Wildman–Crippen MR) is 78.3 cm³/mol. The number of aromatic nitrogens is 1. The van der Waals surface area contributed by atoms with Gasteiger partial charge in [0.2, 0.25) is 0 Å². The zero-order valence-electron chi connectivity index (χ0n) is 10.3. The highest BCUT2D eigenvalue weighted by Crippen LogP contribution is 2.21. The van der Waals surface area contributed by atoms with Gasteiger partial charge in [-0.2, -0.15) is 0 Å². The Morgan fingerprint density at radius 2 is 2.39 bits per heavy atom. The van der Waals surface area contributed by atoms with E-state index in [0.717, 1.165) is 40.9 Å². The second-order valence-corrected chi connectivity index (χ2v) is 6.36. The molecule has 2 unspecified atom stereocenters. The summed E-state index contributed by atoms with van der Waals surface area (Å²) in [5.41, 5.74) is 6.93. The molecule has 0 bridgehead atoms. The van der Waals surface area contributed by atoms with E-state index < -0.39 is 0 Å². The summed E-state index contributed by atoms with van der Waals surface area (Å²) in [6, 6.07) is 2.08. The number of nitrogens with zero attached hydrogens (tertiary/aromatic N) is 2. The predicted octanol–water partition coefficient (Wildman–Crippen LogP) is 2.15. The Morgan fingerprint density at radius 1 is 1.61 bits per heavy atom. The van der Waals surface area contributed by atoms with Gasteiger partial charge in [0.05, 0.1) is 18.4 Å². The fourth-order valence-electron chi connectivity index (χ4n) is 1.96. The van der Waals surface area contributed by atoms with Crippen LogP contribution in [-0.4, -0.2) is 41.7 Å². The van der Waals surface area contributed by atoms with E-state index in [2.05, 4.69) is 41.7 Å². The molecular weight excluding hydrogens is 362 g/mol. The Morgan fingerprint density at radius 3 is 3.06 bits per heavy atom. The van der Waals surface area contributed by atoms with Crippen LogP contribution in [0.2, 0.25) is 0 Å². The van der Waals surface area contributed by atoms with Gasteiger partial charge < -0.3 is 10.5 Å². The quantitative estimate of drug-likeness (QED) is 0.875. The van der Waals surface area contributed by atoms with E-state index in [1.807, 2.05) is 19.2 Å². The monoisotopic (exact) mass is 377 g/mol. The number of pyridine rings is 1. The Kier molecular flexibility index (Phi) is 5.14. The molecule has 0 radical (unpaired) electrons. The Bertz CT molecular complexity index is 414. The Balaban J connectivity index is 2.00. The third kappa shape index (κ3) is 3.74. The van der Waals surface area contributed by atoms with Crippen LogP contribution in [0.15, 0.2) is 21.2 Å². The van der Waals surface area contributed by atoms with Gasteiger partial charge >= 0.3 is 0 Å². The molecule has 1 aliphatic heterocycles. The number of nitrogens with two attached hydrogens (primary N) is 1. The van der Waals surface area contributed by atoms with Crippen molar-refractivity contribution in [1.29, 1.82) is 0 Å². The van der Waals surface area contributed by atoms with E-state index in [0.29, 0.717) is 0 Å². The molecule has 1 aromatic rings. The number of morpholine rings is 1. The van der Waals surface area contributed by atoms with Crippen molar-refractivity contribution < 1.29 is 4.74 Å². The summed E-state index contributed by atoms with van der Waals surface area (Å²) in [6.07, 6.45) is 1.94. The largest absolute Gasteiger partial charge is 0.374 e. The van der Waals surface area contributed by atoms with Crippen LogP contribution in [-0.2, 0) is 11.3 Å². The SMILES string of the molecule is CC(N)C1CN(Cc2ncc(Br)cc2Br)CCO1. The molecule has 0 saturated carbocycles. The fraction of sp³-hybridized carbons (Fsp3) is 0.583. The normalized spacial score (nSPS) is 23.0. The molecule has 2 atom stereocenters. The standard InChI is InChI=1S/C12H17Br2N3O/c1-8(15)12-7-17(2-3-18-12)6-11-10(14)4-9(13)5-16-11/h4-5,8,12H,2-3,6-7,15H2,1H3. The highest BCUT2D eigenvalue weighted by Gasteiger charge is 2.23. The molecule has 0 aliphatic carbocycles. The van der Waals surface area contributed by atoms with Crippen LogP contribution in [0.4, 0.5) is 0 Å². The van der Waals surface area contributed by atoms with Crippen molar-refractivity contribution >= 4 is 31.9 Å². The minimum absolute atomic E-state index is 0.0640.